The van der Waals surface area contributed by atoms with Gasteiger partial charge in [0.25, 0.3) is 0 Å². The maximum absolute atomic E-state index is 11.3. The lowest BCUT2D eigenvalue weighted by Gasteiger charge is -2.59. The summed E-state index contributed by atoms with van der Waals surface area (Å²) in [6.07, 6.45) is 5.86. The summed E-state index contributed by atoms with van der Waals surface area (Å²) in [5, 5.41) is 9.34. The van der Waals surface area contributed by atoms with E-state index in [9.17, 15) is 9.90 Å². The standard InChI is InChI=1S/C11H17NO2.ClH/c12-11-4-7-1-8(5-11)3-10(2-7,6-11)9(13)14;/h7-8H,1-6,12H2,(H,13,14);1H/t7-,8+,10?,11?;. The van der Waals surface area contributed by atoms with Gasteiger partial charge in [0.15, 0.2) is 0 Å². The average molecular weight is 232 g/mol. The molecule has 4 aliphatic rings. The Morgan fingerprint density at radius 3 is 2.13 bits per heavy atom. The summed E-state index contributed by atoms with van der Waals surface area (Å²) in [5.41, 5.74) is 5.70. The Balaban J connectivity index is 0.000000853. The molecular weight excluding hydrogens is 214 g/mol. The van der Waals surface area contributed by atoms with Crippen LogP contribution in [0.2, 0.25) is 0 Å². The van der Waals surface area contributed by atoms with Gasteiger partial charge in [0.2, 0.25) is 0 Å². The molecule has 0 aromatic heterocycles. The molecule has 0 radical (unpaired) electrons. The Labute approximate surface area is 95.8 Å². The van der Waals surface area contributed by atoms with Crippen LogP contribution in [0.25, 0.3) is 0 Å². The van der Waals surface area contributed by atoms with Gasteiger partial charge in [0, 0.05) is 5.54 Å². The van der Waals surface area contributed by atoms with E-state index in [0.29, 0.717) is 11.8 Å². The molecule has 3 nitrogen and oxygen atoms in total. The van der Waals surface area contributed by atoms with Crippen molar-refractivity contribution < 1.29 is 9.90 Å². The molecule has 0 spiro atoms. The van der Waals surface area contributed by atoms with Gasteiger partial charge in [-0.05, 0) is 50.4 Å². The summed E-state index contributed by atoms with van der Waals surface area (Å²) in [7, 11) is 0. The van der Waals surface area contributed by atoms with Crippen molar-refractivity contribution in [2.45, 2.75) is 44.1 Å². The van der Waals surface area contributed by atoms with Gasteiger partial charge in [-0.1, -0.05) is 0 Å². The summed E-state index contributed by atoms with van der Waals surface area (Å²) < 4.78 is 0. The van der Waals surface area contributed by atoms with Crippen molar-refractivity contribution >= 4 is 18.4 Å². The predicted octanol–water partition coefficient (Wildman–Crippen LogP) is 1.79. The molecule has 3 N–H and O–H groups in total. The Morgan fingerprint density at radius 1 is 1.20 bits per heavy atom. The van der Waals surface area contributed by atoms with Crippen molar-refractivity contribution in [3.8, 4) is 0 Å². The Hall–Kier alpha value is -0.280. The summed E-state index contributed by atoms with van der Waals surface area (Å²) in [5.74, 6) is 0.594. The van der Waals surface area contributed by atoms with E-state index in [1.54, 1.807) is 0 Å². The molecule has 0 aromatic rings. The monoisotopic (exact) mass is 231 g/mol. The van der Waals surface area contributed by atoms with Crippen LogP contribution in [0, 0.1) is 17.3 Å². The Bertz CT molecular complexity index is 291. The molecule has 0 aliphatic heterocycles. The fraction of sp³-hybridized carbons (Fsp3) is 0.909. The number of nitrogens with two attached hydrogens (primary N) is 1. The van der Waals surface area contributed by atoms with Gasteiger partial charge < -0.3 is 10.8 Å². The first kappa shape index (κ1) is 11.2. The largest absolute Gasteiger partial charge is 0.481 e. The van der Waals surface area contributed by atoms with E-state index in [1.165, 1.54) is 6.42 Å². The van der Waals surface area contributed by atoms with Gasteiger partial charge in [-0.15, -0.1) is 12.4 Å². The molecule has 4 rings (SSSR count). The molecule has 4 aliphatic carbocycles. The van der Waals surface area contributed by atoms with Crippen LogP contribution in [0.4, 0.5) is 0 Å². The number of hydrogen-bond acceptors (Lipinski definition) is 2. The molecule has 0 aromatic carbocycles. The zero-order valence-corrected chi connectivity index (χ0v) is 9.55. The summed E-state index contributed by atoms with van der Waals surface area (Å²) in [6, 6.07) is 0. The number of carbonyl (C=O) groups is 1. The molecule has 2 unspecified atom stereocenters. The number of rotatable bonds is 1. The Morgan fingerprint density at radius 2 is 1.73 bits per heavy atom. The van der Waals surface area contributed by atoms with E-state index in [4.69, 9.17) is 5.73 Å². The minimum absolute atomic E-state index is 0. The van der Waals surface area contributed by atoms with Crippen LogP contribution in [0.5, 0.6) is 0 Å². The molecule has 4 bridgehead atoms. The molecule has 4 atom stereocenters. The second kappa shape index (κ2) is 3.11. The van der Waals surface area contributed by atoms with Crippen molar-refractivity contribution in [2.24, 2.45) is 23.0 Å². The lowest BCUT2D eigenvalue weighted by molar-refractivity contribution is -0.166. The number of carboxylic acid groups (broad SMARTS) is 1. The Kier molecular flexibility index (Phi) is 2.32. The van der Waals surface area contributed by atoms with Crippen LogP contribution in [0.15, 0.2) is 0 Å². The molecule has 4 fully saturated rings. The van der Waals surface area contributed by atoms with Gasteiger partial charge in [-0.2, -0.15) is 0 Å². The highest BCUT2D eigenvalue weighted by molar-refractivity contribution is 5.85. The van der Waals surface area contributed by atoms with E-state index >= 15 is 0 Å². The van der Waals surface area contributed by atoms with Crippen molar-refractivity contribution in [1.82, 2.24) is 0 Å². The highest BCUT2D eigenvalue weighted by Gasteiger charge is 2.59. The van der Waals surface area contributed by atoms with Gasteiger partial charge >= 0.3 is 5.97 Å². The first-order chi connectivity index (χ1) is 6.51. The summed E-state index contributed by atoms with van der Waals surface area (Å²) >= 11 is 0. The lowest BCUT2D eigenvalue weighted by atomic mass is 9.47. The normalized spacial score (nSPS) is 51.3. The summed E-state index contributed by atoms with van der Waals surface area (Å²) in [4.78, 5) is 11.3. The quantitative estimate of drug-likeness (QED) is 0.723. The van der Waals surface area contributed by atoms with Crippen LogP contribution in [-0.2, 0) is 4.79 Å². The average Bonchev–Trinajstić information content (AvgIpc) is 1.98. The minimum Gasteiger partial charge on any atom is -0.481 e. The molecule has 0 amide bonds. The van der Waals surface area contributed by atoms with Crippen LogP contribution in [0.3, 0.4) is 0 Å². The molecule has 4 heteroatoms. The molecule has 86 valence electrons. The van der Waals surface area contributed by atoms with Gasteiger partial charge in [-0.3, -0.25) is 4.79 Å². The maximum Gasteiger partial charge on any atom is 0.309 e. The topological polar surface area (TPSA) is 63.3 Å². The fourth-order valence-electron chi connectivity index (χ4n) is 4.58. The second-order valence-corrected chi connectivity index (χ2v) is 5.91. The van der Waals surface area contributed by atoms with Crippen molar-refractivity contribution in [3.63, 3.8) is 0 Å². The van der Waals surface area contributed by atoms with E-state index in [-0.39, 0.29) is 17.9 Å². The van der Waals surface area contributed by atoms with Gasteiger partial charge in [-0.25, -0.2) is 0 Å². The smallest absolute Gasteiger partial charge is 0.309 e. The van der Waals surface area contributed by atoms with Crippen LogP contribution in [0.1, 0.15) is 38.5 Å². The van der Waals surface area contributed by atoms with Gasteiger partial charge in [0.1, 0.15) is 0 Å². The minimum atomic E-state index is -0.596. The van der Waals surface area contributed by atoms with Gasteiger partial charge in [0.05, 0.1) is 5.41 Å². The van der Waals surface area contributed by atoms with Crippen molar-refractivity contribution in [2.75, 3.05) is 0 Å². The number of carboxylic acids is 1. The highest BCUT2D eigenvalue weighted by atomic mass is 35.5. The van der Waals surface area contributed by atoms with Crippen LogP contribution < -0.4 is 5.73 Å². The molecule has 0 heterocycles. The fourth-order valence-corrected chi connectivity index (χ4v) is 4.58. The first-order valence-electron chi connectivity index (χ1n) is 5.54. The zero-order chi connectivity index (χ0) is 9.97. The third kappa shape index (κ3) is 1.48. The number of aliphatic carboxylic acids is 1. The van der Waals surface area contributed by atoms with Crippen LogP contribution >= 0.6 is 12.4 Å². The molecule has 0 saturated heterocycles. The van der Waals surface area contributed by atoms with Crippen LogP contribution in [-0.4, -0.2) is 16.6 Å². The molecule has 4 saturated carbocycles. The summed E-state index contributed by atoms with van der Waals surface area (Å²) in [6.45, 7) is 0. The third-order valence-corrected chi connectivity index (χ3v) is 4.56. The molecular formula is C11H18ClNO2. The maximum atomic E-state index is 11.3. The second-order valence-electron chi connectivity index (χ2n) is 5.91. The predicted molar refractivity (Wildman–Crippen MR) is 58.9 cm³/mol. The highest BCUT2D eigenvalue weighted by Crippen LogP contribution is 2.60. The van der Waals surface area contributed by atoms with Crippen molar-refractivity contribution in [1.29, 1.82) is 0 Å². The van der Waals surface area contributed by atoms with E-state index < -0.39 is 11.4 Å². The molecule has 15 heavy (non-hydrogen) atoms. The van der Waals surface area contributed by atoms with E-state index in [1.807, 2.05) is 0 Å². The van der Waals surface area contributed by atoms with E-state index in [0.717, 1.165) is 32.1 Å². The lowest BCUT2D eigenvalue weighted by Crippen LogP contribution is -2.62. The van der Waals surface area contributed by atoms with E-state index in [2.05, 4.69) is 0 Å². The number of hydrogen-bond donors (Lipinski definition) is 2. The third-order valence-electron chi connectivity index (χ3n) is 4.56. The SMILES string of the molecule is Cl.NC12C[C@H]3C[C@@H](C1)CC(C(=O)O)(C3)C2. The number of halogens is 1. The zero-order valence-electron chi connectivity index (χ0n) is 8.74. The van der Waals surface area contributed by atoms with Crippen molar-refractivity contribution in [3.05, 3.63) is 0 Å². The first-order valence-corrected chi connectivity index (χ1v) is 5.54.